The average Bonchev–Trinajstić information content (AvgIpc) is 2.62. The van der Waals surface area contributed by atoms with Crippen LogP contribution in [0.1, 0.15) is 25.3 Å². The Labute approximate surface area is 149 Å². The van der Waals surface area contributed by atoms with Crippen molar-refractivity contribution in [2.24, 2.45) is 5.92 Å². The first-order valence-corrected chi connectivity index (χ1v) is 8.87. The minimum absolute atomic E-state index is 0.0221. The predicted molar refractivity (Wildman–Crippen MR) is 98.3 cm³/mol. The van der Waals surface area contributed by atoms with Gasteiger partial charge >= 0.3 is 0 Å². The zero-order valence-electron chi connectivity index (χ0n) is 15.4. The summed E-state index contributed by atoms with van der Waals surface area (Å²) in [6.45, 7) is 5.62. The van der Waals surface area contributed by atoms with E-state index < -0.39 is 0 Å². The van der Waals surface area contributed by atoms with Gasteiger partial charge in [-0.15, -0.1) is 0 Å². The number of piperidine rings is 1. The number of nitrogens with zero attached hydrogens (tertiary/aromatic N) is 2. The van der Waals surface area contributed by atoms with Crippen molar-refractivity contribution in [2.45, 2.75) is 32.7 Å². The van der Waals surface area contributed by atoms with Crippen molar-refractivity contribution in [1.29, 1.82) is 0 Å². The highest BCUT2D eigenvalue weighted by molar-refractivity contribution is 5.95. The van der Waals surface area contributed by atoms with Crippen LogP contribution in [0.4, 0.5) is 5.69 Å². The molecule has 1 fully saturated rings. The summed E-state index contributed by atoms with van der Waals surface area (Å²) >= 11 is 0. The molecule has 2 atom stereocenters. The van der Waals surface area contributed by atoms with Crippen molar-refractivity contribution >= 4 is 17.5 Å². The minimum Gasteiger partial charge on any atom is -0.396 e. The van der Waals surface area contributed by atoms with Crippen molar-refractivity contribution < 1.29 is 14.7 Å². The van der Waals surface area contributed by atoms with Gasteiger partial charge in [0.2, 0.25) is 11.8 Å². The summed E-state index contributed by atoms with van der Waals surface area (Å²) in [5.74, 6) is -0.0458. The van der Waals surface area contributed by atoms with Gasteiger partial charge in [0.25, 0.3) is 0 Å². The third kappa shape index (κ3) is 5.54. The highest BCUT2D eigenvalue weighted by Gasteiger charge is 2.29. The summed E-state index contributed by atoms with van der Waals surface area (Å²) in [5.41, 5.74) is 1.85. The molecule has 0 bridgehead atoms. The molecule has 1 aromatic rings. The van der Waals surface area contributed by atoms with Crippen LogP contribution < -0.4 is 5.32 Å². The molecule has 0 aliphatic carbocycles. The number of rotatable bonds is 6. The third-order valence-corrected chi connectivity index (χ3v) is 4.81. The van der Waals surface area contributed by atoms with Gasteiger partial charge in [-0.1, -0.05) is 17.7 Å². The number of aliphatic hydroxyl groups is 1. The summed E-state index contributed by atoms with van der Waals surface area (Å²) in [6, 6.07) is 7.27. The van der Waals surface area contributed by atoms with Gasteiger partial charge in [-0.25, -0.2) is 0 Å². The van der Waals surface area contributed by atoms with Gasteiger partial charge in [-0.05, 0) is 51.3 Å². The van der Waals surface area contributed by atoms with Crippen LogP contribution in [0, 0.1) is 12.8 Å². The van der Waals surface area contributed by atoms with E-state index in [1.165, 1.54) is 4.90 Å². The quantitative estimate of drug-likeness (QED) is 0.818. The Balaban J connectivity index is 1.86. The molecule has 6 nitrogen and oxygen atoms in total. The number of likely N-dealkylation sites (tertiary alicyclic amines) is 1. The van der Waals surface area contributed by atoms with E-state index in [9.17, 15) is 14.7 Å². The van der Waals surface area contributed by atoms with E-state index >= 15 is 0 Å². The lowest BCUT2D eigenvalue weighted by atomic mass is 9.97. The van der Waals surface area contributed by atoms with Crippen molar-refractivity contribution in [3.63, 3.8) is 0 Å². The molecule has 138 valence electrons. The van der Waals surface area contributed by atoms with Crippen LogP contribution in [-0.2, 0) is 9.59 Å². The molecule has 2 N–H and O–H groups in total. The van der Waals surface area contributed by atoms with Gasteiger partial charge in [0.15, 0.2) is 0 Å². The number of anilines is 1. The third-order valence-electron chi connectivity index (χ3n) is 4.81. The van der Waals surface area contributed by atoms with Gasteiger partial charge < -0.3 is 15.3 Å². The molecular formula is C19H29N3O3. The van der Waals surface area contributed by atoms with E-state index in [-0.39, 0.29) is 36.9 Å². The van der Waals surface area contributed by atoms with E-state index in [1.54, 1.807) is 7.05 Å². The number of carbonyl (C=O) groups excluding carboxylic acids is 2. The summed E-state index contributed by atoms with van der Waals surface area (Å²) in [4.78, 5) is 28.3. The average molecular weight is 347 g/mol. The first-order valence-electron chi connectivity index (χ1n) is 8.87. The SMILES string of the molecule is Cc1ccc(NC(=O)CN(C)C(=O)[C@@H](C)N2CCC[C@@H](CO)C2)cc1. The van der Waals surface area contributed by atoms with Crippen molar-refractivity contribution in [3.8, 4) is 0 Å². The van der Waals surface area contributed by atoms with E-state index in [0.29, 0.717) is 0 Å². The number of benzene rings is 1. The molecule has 0 unspecified atom stereocenters. The van der Waals surface area contributed by atoms with Crippen molar-refractivity contribution in [1.82, 2.24) is 9.80 Å². The number of aliphatic hydroxyl groups excluding tert-OH is 1. The molecule has 2 amide bonds. The van der Waals surface area contributed by atoms with Crippen LogP contribution in [0.25, 0.3) is 0 Å². The molecule has 0 radical (unpaired) electrons. The fourth-order valence-electron chi connectivity index (χ4n) is 3.20. The molecule has 1 heterocycles. The van der Waals surface area contributed by atoms with E-state index in [4.69, 9.17) is 0 Å². The van der Waals surface area contributed by atoms with Crippen LogP contribution in [0.3, 0.4) is 0 Å². The van der Waals surface area contributed by atoms with Crippen LogP contribution in [0.5, 0.6) is 0 Å². The van der Waals surface area contributed by atoms with Crippen LogP contribution in [0.2, 0.25) is 0 Å². The molecule has 6 heteroatoms. The molecule has 2 rings (SSSR count). The van der Waals surface area contributed by atoms with Gasteiger partial charge in [-0.2, -0.15) is 0 Å². The highest BCUT2D eigenvalue weighted by Crippen LogP contribution is 2.18. The Morgan fingerprint density at radius 3 is 2.68 bits per heavy atom. The Bertz CT molecular complexity index is 588. The summed E-state index contributed by atoms with van der Waals surface area (Å²) in [5, 5.41) is 12.1. The number of hydrogen-bond acceptors (Lipinski definition) is 4. The maximum atomic E-state index is 12.6. The topological polar surface area (TPSA) is 72.9 Å². The van der Waals surface area contributed by atoms with Gasteiger partial charge in [0, 0.05) is 25.9 Å². The Kier molecular flexibility index (Phi) is 6.96. The Morgan fingerprint density at radius 1 is 1.36 bits per heavy atom. The number of likely N-dealkylation sites (N-methyl/N-ethyl adjacent to an activating group) is 1. The van der Waals surface area contributed by atoms with Gasteiger partial charge in [-0.3, -0.25) is 14.5 Å². The fraction of sp³-hybridized carbons (Fsp3) is 0.579. The molecule has 1 aromatic carbocycles. The maximum absolute atomic E-state index is 12.6. The Hall–Kier alpha value is -1.92. The van der Waals surface area contributed by atoms with E-state index in [1.807, 2.05) is 38.1 Å². The standard InChI is InChI=1S/C19H29N3O3/c1-14-6-8-17(9-7-14)20-18(24)12-21(3)19(25)15(2)22-10-4-5-16(11-22)13-23/h6-9,15-16,23H,4-5,10-13H2,1-3H3,(H,20,24)/t15-,16-/m1/s1. The van der Waals surface area contributed by atoms with Crippen LogP contribution >= 0.6 is 0 Å². The second-order valence-corrected chi connectivity index (χ2v) is 6.97. The molecule has 1 aliphatic heterocycles. The molecular weight excluding hydrogens is 318 g/mol. The van der Waals surface area contributed by atoms with Crippen molar-refractivity contribution in [3.05, 3.63) is 29.8 Å². The summed E-state index contributed by atoms with van der Waals surface area (Å²) in [7, 11) is 1.65. The first kappa shape index (κ1) is 19.4. The lowest BCUT2D eigenvalue weighted by Crippen LogP contribution is -2.51. The molecule has 0 saturated carbocycles. The number of aryl methyl sites for hydroxylation is 1. The summed E-state index contributed by atoms with van der Waals surface area (Å²) < 4.78 is 0. The predicted octanol–water partition coefficient (Wildman–Crippen LogP) is 1.48. The maximum Gasteiger partial charge on any atom is 0.243 e. The van der Waals surface area contributed by atoms with E-state index in [2.05, 4.69) is 10.2 Å². The number of nitrogens with one attached hydrogen (secondary N) is 1. The molecule has 1 aliphatic rings. The summed E-state index contributed by atoms with van der Waals surface area (Å²) in [6.07, 6.45) is 1.99. The minimum atomic E-state index is -0.286. The second-order valence-electron chi connectivity index (χ2n) is 6.97. The van der Waals surface area contributed by atoms with Gasteiger partial charge in [0.1, 0.15) is 0 Å². The highest BCUT2D eigenvalue weighted by atomic mass is 16.3. The number of hydrogen-bond donors (Lipinski definition) is 2. The monoisotopic (exact) mass is 347 g/mol. The largest absolute Gasteiger partial charge is 0.396 e. The molecule has 0 spiro atoms. The second kappa shape index (κ2) is 8.97. The lowest BCUT2D eigenvalue weighted by molar-refractivity contribution is -0.138. The molecule has 25 heavy (non-hydrogen) atoms. The smallest absolute Gasteiger partial charge is 0.243 e. The normalized spacial score (nSPS) is 19.3. The zero-order valence-corrected chi connectivity index (χ0v) is 15.4. The van der Waals surface area contributed by atoms with Crippen LogP contribution in [0.15, 0.2) is 24.3 Å². The molecule has 1 saturated heterocycles. The lowest BCUT2D eigenvalue weighted by Gasteiger charge is -2.36. The zero-order chi connectivity index (χ0) is 18.4. The number of amides is 2. The first-order chi connectivity index (χ1) is 11.9. The number of carbonyl (C=O) groups is 2. The van der Waals surface area contributed by atoms with Gasteiger partial charge in [0.05, 0.1) is 12.6 Å². The fourth-order valence-corrected chi connectivity index (χ4v) is 3.20. The van der Waals surface area contributed by atoms with Crippen LogP contribution in [-0.4, -0.2) is 66.1 Å². The van der Waals surface area contributed by atoms with Crippen molar-refractivity contribution in [2.75, 3.05) is 38.6 Å². The van der Waals surface area contributed by atoms with E-state index in [0.717, 1.165) is 37.2 Å². The molecule has 0 aromatic heterocycles. The Morgan fingerprint density at radius 2 is 2.04 bits per heavy atom.